The zero-order valence-electron chi connectivity index (χ0n) is 14.6. The maximum Gasteiger partial charge on any atom is 0.411 e. The molecule has 2 aromatic rings. The lowest BCUT2D eigenvalue weighted by atomic mass is 9.99. The van der Waals surface area contributed by atoms with Gasteiger partial charge in [0.15, 0.2) is 0 Å². The van der Waals surface area contributed by atoms with Crippen LogP contribution in [-0.2, 0) is 10.3 Å². The molecule has 0 saturated carbocycles. The Kier molecular flexibility index (Phi) is 4.07. The summed E-state index contributed by atoms with van der Waals surface area (Å²) >= 11 is 0. The lowest BCUT2D eigenvalue weighted by Gasteiger charge is -2.33. The molecule has 2 heterocycles. The molecule has 0 aliphatic carbocycles. The predicted octanol–water partition coefficient (Wildman–Crippen LogP) is 3.98. The summed E-state index contributed by atoms with van der Waals surface area (Å²) in [5, 5.41) is 4.08. The van der Waals surface area contributed by atoms with Crippen LogP contribution in [0, 0.1) is 0 Å². The monoisotopic (exact) mass is 329 g/mol. The highest BCUT2D eigenvalue weighted by molar-refractivity contribution is 5.70. The topological polar surface area (TPSA) is 68.5 Å². The molecule has 1 saturated heterocycles. The maximum absolute atomic E-state index is 12.5. The zero-order chi connectivity index (χ0) is 17.4. The van der Waals surface area contributed by atoms with Gasteiger partial charge in [0.1, 0.15) is 11.1 Å². The smallest absolute Gasteiger partial charge is 0.411 e. The number of carbonyl (C=O) groups is 1. The summed E-state index contributed by atoms with van der Waals surface area (Å²) < 4.78 is 11.0. The van der Waals surface area contributed by atoms with E-state index < -0.39 is 11.1 Å². The van der Waals surface area contributed by atoms with Crippen molar-refractivity contribution in [2.24, 2.45) is 0 Å². The first-order valence-corrected chi connectivity index (χ1v) is 8.20. The molecule has 0 N–H and O–H groups in total. The van der Waals surface area contributed by atoms with Gasteiger partial charge in [-0.25, -0.2) is 4.79 Å². The molecule has 1 atom stereocenters. The second kappa shape index (κ2) is 5.92. The molecule has 0 bridgehead atoms. The number of benzene rings is 1. The van der Waals surface area contributed by atoms with Crippen LogP contribution in [0.25, 0.3) is 11.4 Å². The molecule has 3 rings (SSSR count). The Morgan fingerprint density at radius 2 is 2.00 bits per heavy atom. The number of rotatable bonds is 2. The molecular formula is C18H23N3O3. The van der Waals surface area contributed by atoms with E-state index in [0.29, 0.717) is 18.3 Å². The van der Waals surface area contributed by atoms with Crippen molar-refractivity contribution >= 4 is 6.09 Å². The molecule has 1 fully saturated rings. The third-order valence-corrected chi connectivity index (χ3v) is 4.17. The highest BCUT2D eigenvalue weighted by Crippen LogP contribution is 2.39. The number of hydrogen-bond donors (Lipinski definition) is 0. The summed E-state index contributed by atoms with van der Waals surface area (Å²) in [7, 11) is 0. The van der Waals surface area contributed by atoms with Gasteiger partial charge in [0, 0.05) is 12.1 Å². The Morgan fingerprint density at radius 3 is 2.67 bits per heavy atom. The van der Waals surface area contributed by atoms with Crippen LogP contribution < -0.4 is 0 Å². The number of aromatic nitrogens is 2. The summed E-state index contributed by atoms with van der Waals surface area (Å²) in [5.41, 5.74) is -0.287. The van der Waals surface area contributed by atoms with Gasteiger partial charge in [-0.2, -0.15) is 4.98 Å². The van der Waals surface area contributed by atoms with Gasteiger partial charge in [-0.1, -0.05) is 35.5 Å². The third kappa shape index (κ3) is 3.13. The molecule has 1 aliphatic heterocycles. The largest absolute Gasteiger partial charge is 0.444 e. The van der Waals surface area contributed by atoms with Crippen LogP contribution in [0.3, 0.4) is 0 Å². The fraction of sp³-hybridized carbons (Fsp3) is 0.500. The van der Waals surface area contributed by atoms with Gasteiger partial charge in [-0.15, -0.1) is 0 Å². The lowest BCUT2D eigenvalue weighted by Crippen LogP contribution is -2.45. The van der Waals surface area contributed by atoms with Crippen LogP contribution in [0.15, 0.2) is 34.9 Å². The summed E-state index contributed by atoms with van der Waals surface area (Å²) in [6.45, 7) is 8.15. The fourth-order valence-corrected chi connectivity index (χ4v) is 2.94. The summed E-state index contributed by atoms with van der Waals surface area (Å²) in [5.74, 6) is 0.979. The SMILES string of the molecule is CC(C)(C)OC(=O)N1CCCC1(C)c1nc(-c2ccccc2)no1. The number of hydrogen-bond acceptors (Lipinski definition) is 5. The zero-order valence-corrected chi connectivity index (χ0v) is 14.6. The van der Waals surface area contributed by atoms with Gasteiger partial charge in [0.25, 0.3) is 5.89 Å². The Morgan fingerprint density at radius 1 is 1.29 bits per heavy atom. The molecule has 24 heavy (non-hydrogen) atoms. The van der Waals surface area contributed by atoms with Crippen molar-refractivity contribution in [2.75, 3.05) is 6.54 Å². The fourth-order valence-electron chi connectivity index (χ4n) is 2.94. The molecule has 1 unspecified atom stereocenters. The van der Waals surface area contributed by atoms with Crippen molar-refractivity contribution in [3.63, 3.8) is 0 Å². The molecule has 1 aromatic heterocycles. The van der Waals surface area contributed by atoms with Crippen LogP contribution in [0.5, 0.6) is 0 Å². The average Bonchev–Trinajstić information content (AvgIpc) is 3.14. The van der Waals surface area contributed by atoms with E-state index in [1.165, 1.54) is 0 Å². The Labute approximate surface area is 141 Å². The van der Waals surface area contributed by atoms with Crippen LogP contribution >= 0.6 is 0 Å². The number of ether oxygens (including phenoxy) is 1. The summed E-state index contributed by atoms with van der Waals surface area (Å²) in [6, 6.07) is 9.65. The molecule has 0 radical (unpaired) electrons. The number of amides is 1. The first-order valence-electron chi connectivity index (χ1n) is 8.20. The summed E-state index contributed by atoms with van der Waals surface area (Å²) in [6.07, 6.45) is 1.29. The van der Waals surface area contributed by atoms with Crippen molar-refractivity contribution in [2.45, 2.75) is 51.7 Å². The van der Waals surface area contributed by atoms with Crippen LogP contribution in [-0.4, -0.2) is 33.3 Å². The standard InChI is InChI=1S/C18H23N3O3/c1-17(2,3)23-16(22)21-12-8-11-18(21,4)15-19-14(20-24-15)13-9-6-5-7-10-13/h5-7,9-10H,8,11-12H2,1-4H3. The second-order valence-electron chi connectivity index (χ2n) is 7.30. The summed E-state index contributed by atoms with van der Waals surface area (Å²) in [4.78, 5) is 18.8. The van der Waals surface area contributed by atoms with Crippen molar-refractivity contribution in [1.29, 1.82) is 0 Å². The normalized spacial score (nSPS) is 21.1. The van der Waals surface area contributed by atoms with E-state index in [-0.39, 0.29) is 6.09 Å². The number of carbonyl (C=O) groups excluding carboxylic acids is 1. The number of nitrogens with zero attached hydrogens (tertiary/aromatic N) is 3. The van der Waals surface area contributed by atoms with Crippen LogP contribution in [0.2, 0.25) is 0 Å². The van der Waals surface area contributed by atoms with E-state index in [2.05, 4.69) is 10.1 Å². The molecule has 1 amide bonds. The van der Waals surface area contributed by atoms with Crippen LogP contribution in [0.1, 0.15) is 46.4 Å². The molecule has 1 aliphatic rings. The van der Waals surface area contributed by atoms with E-state index in [0.717, 1.165) is 18.4 Å². The van der Waals surface area contributed by atoms with Crippen molar-refractivity contribution in [3.8, 4) is 11.4 Å². The molecule has 6 heteroatoms. The molecule has 1 aromatic carbocycles. The third-order valence-electron chi connectivity index (χ3n) is 4.17. The average molecular weight is 329 g/mol. The predicted molar refractivity (Wildman–Crippen MR) is 89.3 cm³/mol. The minimum atomic E-state index is -0.637. The number of likely N-dealkylation sites (tertiary alicyclic amines) is 1. The first-order chi connectivity index (χ1) is 11.3. The van der Waals surface area contributed by atoms with E-state index >= 15 is 0 Å². The van der Waals surface area contributed by atoms with Gasteiger partial charge in [0.2, 0.25) is 5.82 Å². The quantitative estimate of drug-likeness (QED) is 0.833. The Hall–Kier alpha value is -2.37. The van der Waals surface area contributed by atoms with E-state index in [1.54, 1.807) is 4.90 Å². The highest BCUT2D eigenvalue weighted by Gasteiger charge is 2.47. The molecular weight excluding hydrogens is 306 g/mol. The minimum Gasteiger partial charge on any atom is -0.444 e. The van der Waals surface area contributed by atoms with Crippen molar-refractivity contribution in [3.05, 3.63) is 36.2 Å². The molecule has 6 nitrogen and oxygen atoms in total. The van der Waals surface area contributed by atoms with Crippen molar-refractivity contribution in [1.82, 2.24) is 15.0 Å². The Balaban J connectivity index is 1.87. The van der Waals surface area contributed by atoms with E-state index in [1.807, 2.05) is 58.0 Å². The highest BCUT2D eigenvalue weighted by atomic mass is 16.6. The van der Waals surface area contributed by atoms with Gasteiger partial charge in [-0.05, 0) is 40.5 Å². The van der Waals surface area contributed by atoms with Gasteiger partial charge >= 0.3 is 6.09 Å². The van der Waals surface area contributed by atoms with Crippen LogP contribution in [0.4, 0.5) is 4.79 Å². The lowest BCUT2D eigenvalue weighted by molar-refractivity contribution is 0.00443. The van der Waals surface area contributed by atoms with Gasteiger partial charge in [0.05, 0.1) is 0 Å². The first kappa shape index (κ1) is 16.5. The van der Waals surface area contributed by atoms with Gasteiger partial charge in [-0.3, -0.25) is 4.90 Å². The Bertz CT molecular complexity index is 721. The van der Waals surface area contributed by atoms with E-state index in [9.17, 15) is 4.79 Å². The second-order valence-corrected chi connectivity index (χ2v) is 7.30. The van der Waals surface area contributed by atoms with Gasteiger partial charge < -0.3 is 9.26 Å². The molecule has 128 valence electrons. The van der Waals surface area contributed by atoms with Crippen molar-refractivity contribution < 1.29 is 14.1 Å². The minimum absolute atomic E-state index is 0.345. The molecule has 0 spiro atoms. The van der Waals surface area contributed by atoms with E-state index in [4.69, 9.17) is 9.26 Å². The maximum atomic E-state index is 12.5.